The molecule has 0 bridgehead atoms. The number of amides is 2. The van der Waals surface area contributed by atoms with Crippen LogP contribution >= 0.6 is 9.39 Å². The summed E-state index contributed by atoms with van der Waals surface area (Å²) in [7, 11) is 2.35. The highest BCUT2D eigenvalue weighted by Crippen LogP contribution is 2.09. The number of carboxylic acids is 1. The van der Waals surface area contributed by atoms with Crippen molar-refractivity contribution in [2.75, 3.05) is 0 Å². The van der Waals surface area contributed by atoms with Crippen LogP contribution in [0.25, 0.3) is 0 Å². The van der Waals surface area contributed by atoms with Gasteiger partial charge in [0.1, 0.15) is 12.1 Å². The molecule has 8 heteroatoms. The summed E-state index contributed by atoms with van der Waals surface area (Å²) in [4.78, 5) is 37.6. The van der Waals surface area contributed by atoms with Gasteiger partial charge in [0.2, 0.25) is 11.8 Å². The van der Waals surface area contributed by atoms with E-state index in [2.05, 4.69) is 25.1 Å². The average molecular weight is 458 g/mol. The van der Waals surface area contributed by atoms with Crippen molar-refractivity contribution in [2.45, 2.75) is 51.2 Å². The van der Waals surface area contributed by atoms with E-state index >= 15 is 0 Å². The Hall–Kier alpha value is -2.76. The van der Waals surface area contributed by atoms with Gasteiger partial charge in [-0.2, -0.15) is 0 Å². The monoisotopic (exact) mass is 457 g/mol. The molecule has 0 heterocycles. The number of rotatable bonds is 12. The molecule has 2 aromatic rings. The van der Waals surface area contributed by atoms with Crippen molar-refractivity contribution < 1.29 is 19.5 Å². The maximum Gasteiger partial charge on any atom is 0.326 e. The fourth-order valence-electron chi connectivity index (χ4n) is 3.37. The predicted molar refractivity (Wildman–Crippen MR) is 128 cm³/mol. The van der Waals surface area contributed by atoms with Gasteiger partial charge in [-0.1, -0.05) is 83.9 Å². The molecule has 2 aromatic carbocycles. The maximum atomic E-state index is 13.0. The van der Waals surface area contributed by atoms with E-state index in [1.807, 2.05) is 74.5 Å². The predicted octanol–water partition coefficient (Wildman–Crippen LogP) is 2.32. The second kappa shape index (κ2) is 12.9. The molecular weight excluding hydrogens is 425 g/mol. The molecule has 2 rings (SSSR count). The zero-order chi connectivity index (χ0) is 23.5. The summed E-state index contributed by atoms with van der Waals surface area (Å²) in [5.74, 6) is -1.85. The molecule has 0 aliphatic carbocycles. The Kier molecular flexibility index (Phi) is 10.3. The molecule has 0 radical (unpaired) electrons. The first-order chi connectivity index (χ1) is 15.3. The number of carbonyl (C=O) groups is 3. The fraction of sp³-hybridized carbons (Fsp3) is 0.375. The van der Waals surface area contributed by atoms with Gasteiger partial charge in [0.05, 0.1) is 6.04 Å². The first-order valence-corrected chi connectivity index (χ1v) is 11.3. The summed E-state index contributed by atoms with van der Waals surface area (Å²) in [6.07, 6.45) is 0.999. The lowest BCUT2D eigenvalue weighted by atomic mass is 10.0. The third-order valence-electron chi connectivity index (χ3n) is 5.04. The van der Waals surface area contributed by atoms with Gasteiger partial charge in [0.15, 0.2) is 0 Å². The Morgan fingerprint density at radius 3 is 1.66 bits per heavy atom. The van der Waals surface area contributed by atoms with Gasteiger partial charge < -0.3 is 15.7 Å². The number of hydrogen-bond acceptors (Lipinski definition) is 4. The third-order valence-corrected chi connectivity index (χ3v) is 5.44. The molecule has 0 fully saturated rings. The van der Waals surface area contributed by atoms with Crippen molar-refractivity contribution in [2.24, 2.45) is 5.92 Å². The second-order valence-corrected chi connectivity index (χ2v) is 8.52. The molecule has 0 spiro atoms. The lowest BCUT2D eigenvalue weighted by molar-refractivity contribution is -0.142. The lowest BCUT2D eigenvalue weighted by Crippen LogP contribution is -2.55. The van der Waals surface area contributed by atoms with Gasteiger partial charge in [-0.3, -0.25) is 14.7 Å². The van der Waals surface area contributed by atoms with Gasteiger partial charge in [-0.25, -0.2) is 4.79 Å². The summed E-state index contributed by atoms with van der Waals surface area (Å²) in [5, 5.41) is 17.8. The van der Waals surface area contributed by atoms with Crippen LogP contribution in [-0.2, 0) is 27.2 Å². The molecule has 1 unspecified atom stereocenters. The van der Waals surface area contributed by atoms with Crippen molar-refractivity contribution >= 4 is 27.2 Å². The van der Waals surface area contributed by atoms with E-state index in [0.717, 1.165) is 11.1 Å². The van der Waals surface area contributed by atoms with E-state index in [-0.39, 0.29) is 18.2 Å². The summed E-state index contributed by atoms with van der Waals surface area (Å²) >= 11 is 0. The van der Waals surface area contributed by atoms with Crippen LogP contribution in [0.5, 0.6) is 0 Å². The molecule has 0 saturated carbocycles. The standard InChI is InChI=1S/C24H32N3O4P/c1-16(2)13-21(24(30)31)26-22(28)19(14-17-9-5-3-6-10-17)25-23(29)20(27-32)15-18-11-7-4-8-12-18/h3-12,16,19-21,27H,13-15,32H2,1-2H3,(H,25,29)(H,26,28)(H,30,31)/t19-,20-,21-/m1/s1. The van der Waals surface area contributed by atoms with Crippen LogP contribution in [0.4, 0.5) is 0 Å². The average Bonchev–Trinajstić information content (AvgIpc) is 2.77. The Morgan fingerprint density at radius 1 is 0.781 bits per heavy atom. The molecule has 0 saturated heterocycles. The SMILES string of the molecule is CC(C)C[C@@H](NC(=O)[C@@H](Cc1ccccc1)NC(=O)[C@@H](Cc1ccccc1)NP)C(=O)O. The first kappa shape index (κ1) is 25.5. The normalized spacial score (nSPS) is 13.8. The van der Waals surface area contributed by atoms with Crippen LogP contribution in [0.1, 0.15) is 31.4 Å². The summed E-state index contributed by atoms with van der Waals surface area (Å²) < 4.78 is 0. The first-order valence-electron chi connectivity index (χ1n) is 10.7. The van der Waals surface area contributed by atoms with E-state index in [4.69, 9.17) is 0 Å². The van der Waals surface area contributed by atoms with Crippen molar-refractivity contribution in [3.05, 3.63) is 71.8 Å². The van der Waals surface area contributed by atoms with Gasteiger partial charge >= 0.3 is 5.97 Å². The van der Waals surface area contributed by atoms with Crippen LogP contribution in [-0.4, -0.2) is 41.0 Å². The van der Waals surface area contributed by atoms with E-state index in [9.17, 15) is 19.5 Å². The molecule has 32 heavy (non-hydrogen) atoms. The maximum absolute atomic E-state index is 13.0. The minimum atomic E-state index is -1.09. The van der Waals surface area contributed by atoms with Gasteiger partial charge in [-0.05, 0) is 29.9 Å². The van der Waals surface area contributed by atoms with E-state index in [1.54, 1.807) is 0 Å². The minimum absolute atomic E-state index is 0.0927. The van der Waals surface area contributed by atoms with Crippen LogP contribution in [0, 0.1) is 5.92 Å². The fourth-order valence-corrected chi connectivity index (χ4v) is 3.64. The molecular formula is C24H32N3O4P. The van der Waals surface area contributed by atoms with E-state index in [0.29, 0.717) is 12.8 Å². The molecule has 4 N–H and O–H groups in total. The second-order valence-electron chi connectivity index (χ2n) is 8.19. The quantitative estimate of drug-likeness (QED) is 0.366. The number of aliphatic carboxylic acids is 1. The minimum Gasteiger partial charge on any atom is -0.480 e. The highest BCUT2D eigenvalue weighted by Gasteiger charge is 2.29. The topological polar surface area (TPSA) is 108 Å². The van der Waals surface area contributed by atoms with Gasteiger partial charge in [0.25, 0.3) is 0 Å². The third kappa shape index (κ3) is 8.40. The number of carbonyl (C=O) groups excluding carboxylic acids is 2. The van der Waals surface area contributed by atoms with Crippen molar-refractivity contribution in [3.63, 3.8) is 0 Å². The van der Waals surface area contributed by atoms with Crippen LogP contribution in [0.15, 0.2) is 60.7 Å². The summed E-state index contributed by atoms with van der Waals surface area (Å²) in [5.41, 5.74) is 1.84. The highest BCUT2D eigenvalue weighted by atomic mass is 31.0. The number of hydrogen-bond donors (Lipinski definition) is 4. The van der Waals surface area contributed by atoms with E-state index in [1.165, 1.54) is 0 Å². The van der Waals surface area contributed by atoms with Crippen molar-refractivity contribution in [1.29, 1.82) is 0 Å². The number of carboxylic acid groups (broad SMARTS) is 1. The Morgan fingerprint density at radius 2 is 1.22 bits per heavy atom. The summed E-state index contributed by atoms with van der Waals surface area (Å²) in [6.45, 7) is 3.79. The lowest BCUT2D eigenvalue weighted by Gasteiger charge is -2.24. The Balaban J connectivity index is 2.16. The van der Waals surface area contributed by atoms with Crippen molar-refractivity contribution in [3.8, 4) is 0 Å². The highest BCUT2D eigenvalue weighted by molar-refractivity contribution is 7.13. The van der Waals surface area contributed by atoms with E-state index < -0.39 is 30.0 Å². The largest absolute Gasteiger partial charge is 0.480 e. The molecule has 4 atom stereocenters. The molecule has 7 nitrogen and oxygen atoms in total. The molecule has 172 valence electrons. The smallest absolute Gasteiger partial charge is 0.326 e. The number of benzene rings is 2. The molecule has 2 amide bonds. The Bertz CT molecular complexity index is 877. The van der Waals surface area contributed by atoms with Gasteiger partial charge in [0, 0.05) is 6.42 Å². The van der Waals surface area contributed by atoms with Crippen LogP contribution in [0.3, 0.4) is 0 Å². The number of nitrogens with one attached hydrogen (secondary N) is 3. The molecule has 0 aliphatic heterocycles. The molecule has 0 aromatic heterocycles. The zero-order valence-electron chi connectivity index (χ0n) is 18.5. The Labute approximate surface area is 191 Å². The van der Waals surface area contributed by atoms with Crippen molar-refractivity contribution in [1.82, 2.24) is 15.7 Å². The van der Waals surface area contributed by atoms with Crippen LogP contribution in [0.2, 0.25) is 0 Å². The van der Waals surface area contributed by atoms with Crippen LogP contribution < -0.4 is 15.7 Å². The summed E-state index contributed by atoms with van der Waals surface area (Å²) in [6, 6.07) is 16.4. The zero-order valence-corrected chi connectivity index (χ0v) is 19.6. The molecule has 0 aliphatic rings. The van der Waals surface area contributed by atoms with Gasteiger partial charge in [-0.15, -0.1) is 0 Å².